The van der Waals surface area contributed by atoms with Crippen LogP contribution in [0.2, 0.25) is 0 Å². The molecule has 0 amide bonds. The minimum absolute atomic E-state index is 0.204. The molecule has 0 aliphatic rings. The molecule has 7 nitrogen and oxygen atoms in total. The van der Waals surface area contributed by atoms with Crippen molar-refractivity contribution >= 4 is 0 Å². The Kier molecular flexibility index (Phi) is 5.72. The lowest BCUT2D eigenvalue weighted by Gasteiger charge is -2.18. The van der Waals surface area contributed by atoms with Crippen LogP contribution in [0.4, 0.5) is 0 Å². The van der Waals surface area contributed by atoms with Crippen LogP contribution in [0.25, 0.3) is 0 Å². The zero-order valence-electron chi connectivity index (χ0n) is 9.90. The summed E-state index contributed by atoms with van der Waals surface area (Å²) in [5.74, 6) is 0. The molecule has 0 aliphatic carbocycles. The molecule has 0 atom stereocenters. The average Bonchev–Trinajstić information content (AvgIpc) is 2.33. The molecule has 0 fully saturated rings. The summed E-state index contributed by atoms with van der Waals surface area (Å²) in [5.41, 5.74) is 0.990. The zero-order chi connectivity index (χ0) is 13.4. The van der Waals surface area contributed by atoms with Crippen LogP contribution >= 0.6 is 0 Å². The maximum atomic E-state index is 10.3. The standard InChI is InChI=1S/C11H15N3O4/c15-13(16)8-6-12(7-9-14(17)18)10-11-4-2-1-3-5-11/h1-5H,6-10H2. The highest BCUT2D eigenvalue weighted by molar-refractivity contribution is 5.14. The highest BCUT2D eigenvalue weighted by Crippen LogP contribution is 2.04. The molecule has 0 aromatic heterocycles. The van der Waals surface area contributed by atoms with Crippen molar-refractivity contribution in [3.8, 4) is 0 Å². The molecule has 0 saturated carbocycles. The van der Waals surface area contributed by atoms with Gasteiger partial charge in [-0.25, -0.2) is 0 Å². The highest BCUT2D eigenvalue weighted by Gasteiger charge is 2.12. The molecule has 1 aromatic rings. The first-order valence-corrected chi connectivity index (χ1v) is 5.58. The summed E-state index contributed by atoms with van der Waals surface area (Å²) >= 11 is 0. The van der Waals surface area contributed by atoms with Crippen molar-refractivity contribution in [3.05, 3.63) is 56.1 Å². The molecule has 98 valence electrons. The second kappa shape index (κ2) is 7.33. The predicted octanol–water partition coefficient (Wildman–Crippen LogP) is 1.04. The molecule has 1 aromatic carbocycles. The van der Waals surface area contributed by atoms with Gasteiger partial charge in [0, 0.05) is 16.4 Å². The minimum Gasteiger partial charge on any atom is -0.286 e. The van der Waals surface area contributed by atoms with E-state index < -0.39 is 9.85 Å². The molecule has 0 bridgehead atoms. The van der Waals surface area contributed by atoms with Crippen molar-refractivity contribution in [2.45, 2.75) is 6.54 Å². The van der Waals surface area contributed by atoms with Crippen molar-refractivity contribution in [2.75, 3.05) is 26.2 Å². The van der Waals surface area contributed by atoms with E-state index in [0.717, 1.165) is 5.56 Å². The van der Waals surface area contributed by atoms with Gasteiger partial charge in [-0.2, -0.15) is 0 Å². The quantitative estimate of drug-likeness (QED) is 0.510. The molecule has 7 heteroatoms. The van der Waals surface area contributed by atoms with E-state index in [1.807, 2.05) is 30.3 Å². The number of hydrogen-bond acceptors (Lipinski definition) is 5. The highest BCUT2D eigenvalue weighted by atomic mass is 16.6. The van der Waals surface area contributed by atoms with Gasteiger partial charge in [0.05, 0.1) is 13.1 Å². The van der Waals surface area contributed by atoms with Gasteiger partial charge in [-0.1, -0.05) is 30.3 Å². The van der Waals surface area contributed by atoms with Crippen LogP contribution in [0, 0.1) is 20.2 Å². The van der Waals surface area contributed by atoms with E-state index in [1.54, 1.807) is 4.90 Å². The molecule has 0 N–H and O–H groups in total. The van der Waals surface area contributed by atoms with Crippen LogP contribution in [-0.4, -0.2) is 40.9 Å². The first-order valence-electron chi connectivity index (χ1n) is 5.58. The van der Waals surface area contributed by atoms with Gasteiger partial charge in [0.1, 0.15) is 0 Å². The Morgan fingerprint density at radius 2 is 1.44 bits per heavy atom. The van der Waals surface area contributed by atoms with Crippen LogP contribution < -0.4 is 0 Å². The zero-order valence-corrected chi connectivity index (χ0v) is 9.90. The van der Waals surface area contributed by atoms with E-state index in [-0.39, 0.29) is 26.2 Å². The van der Waals surface area contributed by atoms with E-state index in [1.165, 1.54) is 0 Å². The summed E-state index contributed by atoms with van der Waals surface area (Å²) in [6.45, 7) is 0.517. The van der Waals surface area contributed by atoms with Crippen LogP contribution in [0.15, 0.2) is 30.3 Å². The van der Waals surface area contributed by atoms with Crippen LogP contribution in [0.3, 0.4) is 0 Å². The Morgan fingerprint density at radius 1 is 0.944 bits per heavy atom. The number of hydrogen-bond donors (Lipinski definition) is 0. The first-order chi connectivity index (χ1) is 8.58. The lowest BCUT2D eigenvalue weighted by Crippen LogP contribution is -2.32. The van der Waals surface area contributed by atoms with Crippen LogP contribution in [0.5, 0.6) is 0 Å². The fraction of sp³-hybridized carbons (Fsp3) is 0.455. The first kappa shape index (κ1) is 14.0. The lowest BCUT2D eigenvalue weighted by molar-refractivity contribution is -0.487. The van der Waals surface area contributed by atoms with E-state index in [4.69, 9.17) is 0 Å². The van der Waals surface area contributed by atoms with Gasteiger partial charge in [-0.15, -0.1) is 0 Å². The van der Waals surface area contributed by atoms with Gasteiger partial charge in [-0.3, -0.25) is 25.1 Å². The van der Waals surface area contributed by atoms with Gasteiger partial charge in [0.15, 0.2) is 0 Å². The monoisotopic (exact) mass is 253 g/mol. The predicted molar refractivity (Wildman–Crippen MR) is 65.4 cm³/mol. The number of rotatable bonds is 8. The van der Waals surface area contributed by atoms with Gasteiger partial charge in [0.2, 0.25) is 13.1 Å². The largest absolute Gasteiger partial charge is 0.286 e. The topological polar surface area (TPSA) is 89.5 Å². The SMILES string of the molecule is O=[N+]([O-])CCN(CC[N+](=O)[O-])Cc1ccccc1. The number of benzene rings is 1. The Bertz CT molecular complexity index is 379. The van der Waals surface area contributed by atoms with Crippen molar-refractivity contribution in [1.29, 1.82) is 0 Å². The van der Waals surface area contributed by atoms with Crippen molar-refractivity contribution in [3.63, 3.8) is 0 Å². The molecule has 0 aliphatic heterocycles. The van der Waals surface area contributed by atoms with Gasteiger partial charge in [-0.05, 0) is 5.56 Å². The van der Waals surface area contributed by atoms with E-state index in [0.29, 0.717) is 6.54 Å². The fourth-order valence-electron chi connectivity index (χ4n) is 1.56. The second-order valence-electron chi connectivity index (χ2n) is 3.87. The third-order valence-corrected chi connectivity index (χ3v) is 2.45. The molecule has 1 rings (SSSR count). The summed E-state index contributed by atoms with van der Waals surface area (Å²) < 4.78 is 0. The fourth-order valence-corrected chi connectivity index (χ4v) is 1.56. The van der Waals surface area contributed by atoms with Crippen molar-refractivity contribution in [2.24, 2.45) is 0 Å². The van der Waals surface area contributed by atoms with E-state index in [9.17, 15) is 20.2 Å². The maximum Gasteiger partial charge on any atom is 0.216 e. The van der Waals surface area contributed by atoms with Gasteiger partial charge < -0.3 is 0 Å². The third-order valence-electron chi connectivity index (χ3n) is 2.45. The van der Waals surface area contributed by atoms with Gasteiger partial charge in [0.25, 0.3) is 0 Å². The summed E-state index contributed by atoms with van der Waals surface area (Å²) in [5, 5.41) is 20.7. The summed E-state index contributed by atoms with van der Waals surface area (Å²) in [6, 6.07) is 9.40. The Hall–Kier alpha value is -2.02. The van der Waals surface area contributed by atoms with Crippen LogP contribution in [0.1, 0.15) is 5.56 Å². The average molecular weight is 253 g/mol. The number of nitro groups is 2. The van der Waals surface area contributed by atoms with Gasteiger partial charge >= 0.3 is 0 Å². The molecule has 0 heterocycles. The number of nitrogens with zero attached hydrogens (tertiary/aromatic N) is 3. The third kappa shape index (κ3) is 5.90. The molecular formula is C11H15N3O4. The molecule has 0 saturated heterocycles. The van der Waals surface area contributed by atoms with Crippen molar-refractivity contribution < 1.29 is 9.85 Å². The van der Waals surface area contributed by atoms with Crippen LogP contribution in [-0.2, 0) is 6.54 Å². The Balaban J connectivity index is 2.53. The summed E-state index contributed by atoms with van der Waals surface area (Å²) in [4.78, 5) is 21.6. The lowest BCUT2D eigenvalue weighted by atomic mass is 10.2. The molecule has 0 spiro atoms. The normalized spacial score (nSPS) is 10.5. The molecule has 18 heavy (non-hydrogen) atoms. The summed E-state index contributed by atoms with van der Waals surface area (Å²) in [7, 11) is 0. The summed E-state index contributed by atoms with van der Waals surface area (Å²) in [6.07, 6.45) is 0. The molecular weight excluding hydrogens is 238 g/mol. The molecule has 0 unspecified atom stereocenters. The maximum absolute atomic E-state index is 10.3. The van der Waals surface area contributed by atoms with E-state index in [2.05, 4.69) is 0 Å². The second-order valence-corrected chi connectivity index (χ2v) is 3.87. The van der Waals surface area contributed by atoms with E-state index >= 15 is 0 Å². The smallest absolute Gasteiger partial charge is 0.216 e. The minimum atomic E-state index is -0.413. The molecule has 0 radical (unpaired) electrons. The Labute approximate surface area is 104 Å². The Morgan fingerprint density at radius 3 is 1.89 bits per heavy atom. The van der Waals surface area contributed by atoms with Crippen molar-refractivity contribution in [1.82, 2.24) is 4.90 Å².